The number of carbonyl (C=O) groups excluding carboxylic acids is 1. The lowest BCUT2D eigenvalue weighted by Crippen LogP contribution is -2.50. The van der Waals surface area contributed by atoms with E-state index < -0.39 is 0 Å². The van der Waals surface area contributed by atoms with Gasteiger partial charge in [-0.15, -0.1) is 0 Å². The molecule has 0 radical (unpaired) electrons. The van der Waals surface area contributed by atoms with Crippen molar-refractivity contribution in [1.29, 1.82) is 0 Å². The van der Waals surface area contributed by atoms with Crippen LogP contribution in [0.15, 0.2) is 24.5 Å². The molecule has 4 fully saturated rings. The van der Waals surface area contributed by atoms with Gasteiger partial charge in [-0.05, 0) is 81.0 Å². The highest BCUT2D eigenvalue weighted by atomic mass is 16.2. The lowest BCUT2D eigenvalue weighted by Gasteiger charge is -2.36. The lowest BCUT2D eigenvalue weighted by atomic mass is 9.74. The van der Waals surface area contributed by atoms with Gasteiger partial charge in [0.15, 0.2) is 0 Å². The molecule has 5 rings (SSSR count). The maximum atomic E-state index is 13.1. The van der Waals surface area contributed by atoms with Gasteiger partial charge in [0.25, 0.3) is 0 Å². The second-order valence-electron chi connectivity index (χ2n) is 9.38. The largest absolute Gasteiger partial charge is 0.352 e. The number of nitrogens with zero attached hydrogens (tertiary/aromatic N) is 2. The number of pyridine rings is 1. The molecule has 2 saturated carbocycles. The van der Waals surface area contributed by atoms with E-state index in [1.165, 1.54) is 37.9 Å². The molecule has 1 amide bonds. The van der Waals surface area contributed by atoms with Crippen LogP contribution in [0.5, 0.6) is 0 Å². The number of nitrogens with one attached hydrogen (secondary N) is 3. The molecule has 6 nitrogen and oxygen atoms in total. The first-order valence-electron chi connectivity index (χ1n) is 11.2. The maximum absolute atomic E-state index is 13.1. The van der Waals surface area contributed by atoms with Gasteiger partial charge in [-0.1, -0.05) is 0 Å². The number of hydrazine groups is 1. The summed E-state index contributed by atoms with van der Waals surface area (Å²) in [5, 5.41) is 3.42. The molecule has 5 atom stereocenters. The summed E-state index contributed by atoms with van der Waals surface area (Å²) in [5.74, 6) is 1.82. The summed E-state index contributed by atoms with van der Waals surface area (Å²) in [6.45, 7) is 3.50. The predicted molar refractivity (Wildman–Crippen MR) is 108 cm³/mol. The molecule has 3 N–H and O–H groups in total. The number of fused-ring (bicyclic) bond motifs is 1. The van der Waals surface area contributed by atoms with E-state index >= 15 is 0 Å². The zero-order valence-corrected chi connectivity index (χ0v) is 16.6. The van der Waals surface area contributed by atoms with Crippen LogP contribution < -0.4 is 16.2 Å². The van der Waals surface area contributed by atoms with Crippen molar-refractivity contribution >= 4 is 5.91 Å². The minimum Gasteiger partial charge on any atom is -0.352 e. The zero-order chi connectivity index (χ0) is 18.9. The van der Waals surface area contributed by atoms with E-state index in [1.807, 2.05) is 12.4 Å². The van der Waals surface area contributed by atoms with E-state index in [4.69, 9.17) is 0 Å². The van der Waals surface area contributed by atoms with Gasteiger partial charge in [0, 0.05) is 43.5 Å². The van der Waals surface area contributed by atoms with Gasteiger partial charge in [0.1, 0.15) is 0 Å². The number of rotatable bonds is 5. The lowest BCUT2D eigenvalue weighted by molar-refractivity contribution is -0.127. The summed E-state index contributed by atoms with van der Waals surface area (Å²) >= 11 is 0. The molecule has 4 aliphatic rings. The van der Waals surface area contributed by atoms with Gasteiger partial charge in [-0.3, -0.25) is 15.2 Å². The summed E-state index contributed by atoms with van der Waals surface area (Å²) in [6.07, 6.45) is 11.9. The van der Waals surface area contributed by atoms with Gasteiger partial charge >= 0.3 is 0 Å². The number of hydrogen-bond donors (Lipinski definition) is 3. The highest BCUT2D eigenvalue weighted by Crippen LogP contribution is 2.40. The van der Waals surface area contributed by atoms with Gasteiger partial charge in [-0.2, -0.15) is 0 Å². The molecule has 1 aromatic heterocycles. The van der Waals surface area contributed by atoms with E-state index in [2.05, 4.69) is 38.2 Å². The Bertz CT molecular complexity index is 679. The first kappa shape index (κ1) is 18.5. The number of likely N-dealkylation sites (tertiary alicyclic amines) is 1. The van der Waals surface area contributed by atoms with Gasteiger partial charge in [0.05, 0.1) is 6.04 Å². The van der Waals surface area contributed by atoms with Crippen LogP contribution in [-0.2, 0) is 4.79 Å². The van der Waals surface area contributed by atoms with Crippen molar-refractivity contribution in [1.82, 2.24) is 26.1 Å². The van der Waals surface area contributed by atoms with Crippen molar-refractivity contribution in [2.24, 2.45) is 17.8 Å². The van der Waals surface area contributed by atoms with Gasteiger partial charge in [0.2, 0.25) is 5.91 Å². The second kappa shape index (κ2) is 8.09. The third-order valence-electron chi connectivity index (χ3n) is 7.25. The molecule has 3 heterocycles. The van der Waals surface area contributed by atoms with Crippen molar-refractivity contribution < 1.29 is 4.79 Å². The van der Waals surface area contributed by atoms with Crippen molar-refractivity contribution in [2.45, 2.75) is 63.1 Å². The molecule has 0 aromatic carbocycles. The molecule has 2 saturated heterocycles. The van der Waals surface area contributed by atoms with Crippen LogP contribution in [-0.4, -0.2) is 47.5 Å². The summed E-state index contributed by atoms with van der Waals surface area (Å²) in [4.78, 5) is 19.8. The third kappa shape index (κ3) is 4.09. The van der Waals surface area contributed by atoms with E-state index in [9.17, 15) is 4.79 Å². The fourth-order valence-electron chi connectivity index (χ4n) is 5.52. The molecule has 4 unspecified atom stereocenters. The Hall–Kier alpha value is -1.50. The van der Waals surface area contributed by atoms with Crippen molar-refractivity contribution in [3.05, 3.63) is 30.1 Å². The average molecular weight is 384 g/mol. The van der Waals surface area contributed by atoms with Crippen LogP contribution >= 0.6 is 0 Å². The standard InChI is InChI=1S/C22H33N5O/c28-22(24-18-2-1-11-27(14-18)13-15-3-4-15)17-5-6-20-19(12-17)21(26-25-20)16-7-9-23-10-8-16/h7-10,15,17-21,25-26H,1-6,11-14H2,(H,24,28)/t17?,18-,19?,20?,21?/m1/s1. The fraction of sp³-hybridized carbons (Fsp3) is 0.727. The molecular weight excluding hydrogens is 350 g/mol. The first-order chi connectivity index (χ1) is 13.8. The van der Waals surface area contributed by atoms with E-state index in [0.29, 0.717) is 18.0 Å². The zero-order valence-electron chi connectivity index (χ0n) is 16.6. The van der Waals surface area contributed by atoms with Crippen LogP contribution in [0.1, 0.15) is 56.6 Å². The topological polar surface area (TPSA) is 69.3 Å². The van der Waals surface area contributed by atoms with Crippen LogP contribution in [0.4, 0.5) is 0 Å². The normalized spacial score (nSPS) is 36.1. The van der Waals surface area contributed by atoms with Crippen molar-refractivity contribution in [2.75, 3.05) is 19.6 Å². The Morgan fingerprint density at radius 3 is 2.82 bits per heavy atom. The third-order valence-corrected chi connectivity index (χ3v) is 7.25. The summed E-state index contributed by atoms with van der Waals surface area (Å²) in [5.41, 5.74) is 8.20. The number of piperidine rings is 1. The smallest absolute Gasteiger partial charge is 0.223 e. The molecule has 0 spiro atoms. The van der Waals surface area contributed by atoms with Crippen LogP contribution in [0.25, 0.3) is 0 Å². The summed E-state index contributed by atoms with van der Waals surface area (Å²) in [7, 11) is 0. The molecular formula is C22H33N5O. The Labute approximate surface area is 167 Å². The summed E-state index contributed by atoms with van der Waals surface area (Å²) in [6, 6.07) is 5.25. The molecule has 28 heavy (non-hydrogen) atoms. The number of hydrogen-bond acceptors (Lipinski definition) is 5. The fourth-order valence-corrected chi connectivity index (χ4v) is 5.52. The molecule has 0 bridgehead atoms. The van der Waals surface area contributed by atoms with Crippen LogP contribution in [0.2, 0.25) is 0 Å². The second-order valence-corrected chi connectivity index (χ2v) is 9.38. The number of carbonyl (C=O) groups is 1. The van der Waals surface area contributed by atoms with Crippen LogP contribution in [0.3, 0.4) is 0 Å². The molecule has 6 heteroatoms. The van der Waals surface area contributed by atoms with Gasteiger partial charge < -0.3 is 10.2 Å². The Morgan fingerprint density at radius 1 is 1.14 bits per heavy atom. The van der Waals surface area contributed by atoms with Crippen LogP contribution in [0, 0.1) is 17.8 Å². The van der Waals surface area contributed by atoms with Crippen molar-refractivity contribution in [3.8, 4) is 0 Å². The molecule has 2 aliphatic carbocycles. The molecule has 152 valence electrons. The Morgan fingerprint density at radius 2 is 2.00 bits per heavy atom. The minimum atomic E-state index is 0.145. The highest BCUT2D eigenvalue weighted by molar-refractivity contribution is 5.79. The van der Waals surface area contributed by atoms with E-state index in [-0.39, 0.29) is 17.9 Å². The average Bonchev–Trinajstić information content (AvgIpc) is 3.44. The minimum absolute atomic E-state index is 0.145. The highest BCUT2D eigenvalue weighted by Gasteiger charge is 2.43. The summed E-state index contributed by atoms with van der Waals surface area (Å²) < 4.78 is 0. The SMILES string of the molecule is O=C(N[C@@H]1CCCN(CC2CC2)C1)C1CCC2NNC(c3ccncc3)C2C1. The van der Waals surface area contributed by atoms with E-state index in [0.717, 1.165) is 38.1 Å². The maximum Gasteiger partial charge on any atom is 0.223 e. The molecule has 1 aromatic rings. The number of amides is 1. The Balaban J connectivity index is 1.18. The number of aromatic nitrogens is 1. The molecule has 2 aliphatic heterocycles. The Kier molecular flexibility index (Phi) is 5.35. The monoisotopic (exact) mass is 383 g/mol. The van der Waals surface area contributed by atoms with Gasteiger partial charge in [-0.25, -0.2) is 5.43 Å². The van der Waals surface area contributed by atoms with Crippen molar-refractivity contribution in [3.63, 3.8) is 0 Å². The predicted octanol–water partition coefficient (Wildman–Crippen LogP) is 2.01. The quantitative estimate of drug-likeness (QED) is 0.726. The first-order valence-corrected chi connectivity index (χ1v) is 11.2. The van der Waals surface area contributed by atoms with E-state index in [1.54, 1.807) is 0 Å².